The quantitative estimate of drug-likeness (QED) is 0.805. The zero-order valence-electron chi connectivity index (χ0n) is 11.1. The summed E-state index contributed by atoms with van der Waals surface area (Å²) >= 11 is 0. The highest BCUT2D eigenvalue weighted by atomic mass is 16.5. The molecule has 1 aromatic carbocycles. The van der Waals surface area contributed by atoms with Crippen LogP contribution in [-0.4, -0.2) is 31.3 Å². The molecule has 0 spiro atoms. The topological polar surface area (TPSA) is 67.8 Å². The Morgan fingerprint density at radius 3 is 2.22 bits per heavy atom. The molecule has 1 atom stereocenters. The highest BCUT2D eigenvalue weighted by molar-refractivity contribution is 5.72. The summed E-state index contributed by atoms with van der Waals surface area (Å²) in [6.45, 7) is 3.91. The van der Waals surface area contributed by atoms with Crippen LogP contribution in [0.4, 0.5) is 0 Å². The number of carboxylic acid groups (broad SMARTS) is 1. The maximum Gasteiger partial charge on any atom is 0.320 e. The van der Waals surface area contributed by atoms with Crippen molar-refractivity contribution in [3.8, 4) is 11.5 Å². The number of methoxy groups -OCH3 is 2. The van der Waals surface area contributed by atoms with Gasteiger partial charge in [0.25, 0.3) is 0 Å². The molecule has 1 aromatic rings. The lowest BCUT2D eigenvalue weighted by Gasteiger charge is -2.16. The van der Waals surface area contributed by atoms with Gasteiger partial charge in [0.1, 0.15) is 17.5 Å². The summed E-state index contributed by atoms with van der Waals surface area (Å²) in [4.78, 5) is 10.8. The highest BCUT2D eigenvalue weighted by Gasteiger charge is 2.15. The molecule has 0 unspecified atom stereocenters. The van der Waals surface area contributed by atoms with E-state index in [9.17, 15) is 4.79 Å². The average molecular weight is 253 g/mol. The van der Waals surface area contributed by atoms with Crippen LogP contribution < -0.4 is 14.8 Å². The van der Waals surface area contributed by atoms with Gasteiger partial charge in [-0.2, -0.15) is 0 Å². The van der Waals surface area contributed by atoms with Crippen molar-refractivity contribution < 1.29 is 19.4 Å². The Morgan fingerprint density at radius 1 is 1.33 bits per heavy atom. The van der Waals surface area contributed by atoms with Gasteiger partial charge in [-0.15, -0.1) is 0 Å². The molecule has 5 nitrogen and oxygen atoms in total. The maximum atomic E-state index is 10.8. The molecule has 0 aromatic heterocycles. The van der Waals surface area contributed by atoms with Gasteiger partial charge in [-0.3, -0.25) is 4.79 Å². The van der Waals surface area contributed by atoms with Crippen molar-refractivity contribution in [1.82, 2.24) is 5.32 Å². The summed E-state index contributed by atoms with van der Waals surface area (Å²) in [6, 6.07) is 3.16. The van der Waals surface area contributed by atoms with Gasteiger partial charge in [0.2, 0.25) is 0 Å². The predicted octanol–water partition coefficient (Wildman–Crippen LogP) is 1.57. The summed E-state index contributed by atoms with van der Waals surface area (Å²) in [5.74, 6) is 0.494. The minimum atomic E-state index is -0.889. The lowest BCUT2D eigenvalue weighted by atomic mass is 10.1. The summed E-state index contributed by atoms with van der Waals surface area (Å²) in [5.41, 5.74) is 1.84. The molecular weight excluding hydrogens is 234 g/mol. The van der Waals surface area contributed by atoms with E-state index in [-0.39, 0.29) is 0 Å². The molecule has 0 saturated carbocycles. The Balaban J connectivity index is 2.95. The van der Waals surface area contributed by atoms with E-state index < -0.39 is 12.0 Å². The molecule has 0 radical (unpaired) electrons. The minimum absolute atomic E-state index is 0.375. The Kier molecular flexibility index (Phi) is 4.97. The summed E-state index contributed by atoms with van der Waals surface area (Å²) < 4.78 is 10.6. The van der Waals surface area contributed by atoms with Gasteiger partial charge in [0.05, 0.1) is 14.2 Å². The first-order valence-electron chi connectivity index (χ1n) is 5.67. The monoisotopic (exact) mass is 253 g/mol. The highest BCUT2D eigenvalue weighted by Crippen LogP contribution is 2.30. The van der Waals surface area contributed by atoms with Crippen molar-refractivity contribution in [2.75, 3.05) is 14.2 Å². The average Bonchev–Trinajstić information content (AvgIpc) is 2.35. The van der Waals surface area contributed by atoms with Crippen LogP contribution in [0, 0.1) is 6.92 Å². The summed E-state index contributed by atoms with van der Waals surface area (Å²) in [6.07, 6.45) is 0. The Labute approximate surface area is 107 Å². The molecule has 0 bridgehead atoms. The molecule has 0 fully saturated rings. The first-order valence-corrected chi connectivity index (χ1v) is 5.67. The molecule has 0 amide bonds. The van der Waals surface area contributed by atoms with Crippen molar-refractivity contribution in [2.24, 2.45) is 0 Å². The predicted molar refractivity (Wildman–Crippen MR) is 68.2 cm³/mol. The summed E-state index contributed by atoms with van der Waals surface area (Å²) in [7, 11) is 3.16. The van der Waals surface area contributed by atoms with Gasteiger partial charge in [-0.25, -0.2) is 0 Å². The second-order valence-corrected chi connectivity index (χ2v) is 4.09. The molecule has 18 heavy (non-hydrogen) atoms. The van der Waals surface area contributed by atoms with Gasteiger partial charge in [0.15, 0.2) is 0 Å². The number of ether oxygens (including phenoxy) is 2. The van der Waals surface area contributed by atoms with Crippen LogP contribution in [0.15, 0.2) is 12.1 Å². The first kappa shape index (κ1) is 14.3. The molecule has 2 N–H and O–H groups in total. The standard InChI is InChI=1S/C13H19NO4/c1-8-5-11(17-3)10(12(6-8)18-4)7-14-9(2)13(15)16/h5-6,9,14H,7H2,1-4H3,(H,15,16)/t9-/m0/s1. The molecule has 0 aliphatic heterocycles. The van der Waals surface area contributed by atoms with Crippen molar-refractivity contribution in [3.05, 3.63) is 23.3 Å². The van der Waals surface area contributed by atoms with Gasteiger partial charge < -0.3 is 19.9 Å². The second-order valence-electron chi connectivity index (χ2n) is 4.09. The smallest absolute Gasteiger partial charge is 0.320 e. The van der Waals surface area contributed by atoms with Crippen molar-refractivity contribution in [2.45, 2.75) is 26.4 Å². The fraction of sp³-hybridized carbons (Fsp3) is 0.462. The Bertz CT molecular complexity index is 406. The fourth-order valence-corrected chi connectivity index (χ4v) is 1.63. The normalized spacial score (nSPS) is 12.0. The van der Waals surface area contributed by atoms with Gasteiger partial charge in [-0.1, -0.05) is 0 Å². The summed E-state index contributed by atoms with van der Waals surface area (Å²) in [5, 5.41) is 11.7. The molecule has 1 rings (SSSR count). The minimum Gasteiger partial charge on any atom is -0.496 e. The SMILES string of the molecule is COc1cc(C)cc(OC)c1CN[C@@H](C)C(=O)O. The number of nitrogens with one attached hydrogen (secondary N) is 1. The molecule has 0 heterocycles. The lowest BCUT2D eigenvalue weighted by Crippen LogP contribution is -2.33. The lowest BCUT2D eigenvalue weighted by molar-refractivity contribution is -0.139. The number of carbonyl (C=O) groups is 1. The third-order valence-electron chi connectivity index (χ3n) is 2.71. The van der Waals surface area contributed by atoms with Gasteiger partial charge in [-0.05, 0) is 31.5 Å². The van der Waals surface area contributed by atoms with Crippen LogP contribution in [0.2, 0.25) is 0 Å². The molecule has 5 heteroatoms. The number of rotatable bonds is 6. The number of aryl methyl sites for hydroxylation is 1. The number of benzene rings is 1. The number of hydrogen-bond donors (Lipinski definition) is 2. The van der Waals surface area contributed by atoms with E-state index in [1.807, 2.05) is 19.1 Å². The van der Waals surface area contributed by atoms with Crippen molar-refractivity contribution >= 4 is 5.97 Å². The van der Waals surface area contributed by atoms with E-state index in [1.165, 1.54) is 0 Å². The zero-order valence-corrected chi connectivity index (χ0v) is 11.1. The van der Waals surface area contributed by atoms with E-state index in [1.54, 1.807) is 21.1 Å². The first-order chi connectivity index (χ1) is 8.49. The van der Waals surface area contributed by atoms with Crippen LogP contribution in [0.5, 0.6) is 11.5 Å². The van der Waals surface area contributed by atoms with Crippen LogP contribution in [-0.2, 0) is 11.3 Å². The number of carboxylic acids is 1. The fourth-order valence-electron chi connectivity index (χ4n) is 1.63. The third kappa shape index (κ3) is 3.37. The maximum absolute atomic E-state index is 10.8. The zero-order chi connectivity index (χ0) is 13.7. The Morgan fingerprint density at radius 2 is 1.83 bits per heavy atom. The molecule has 100 valence electrons. The van der Waals surface area contributed by atoms with Crippen LogP contribution in [0.1, 0.15) is 18.1 Å². The van der Waals surface area contributed by atoms with Crippen LogP contribution in [0.3, 0.4) is 0 Å². The third-order valence-corrected chi connectivity index (χ3v) is 2.71. The van der Waals surface area contributed by atoms with E-state index in [2.05, 4.69) is 5.32 Å². The van der Waals surface area contributed by atoms with Crippen LogP contribution in [0.25, 0.3) is 0 Å². The van der Waals surface area contributed by atoms with Gasteiger partial charge >= 0.3 is 5.97 Å². The largest absolute Gasteiger partial charge is 0.496 e. The van der Waals surface area contributed by atoms with Crippen molar-refractivity contribution in [1.29, 1.82) is 0 Å². The molecule has 0 aliphatic carbocycles. The molecule has 0 aliphatic rings. The van der Waals surface area contributed by atoms with E-state index in [0.717, 1.165) is 11.1 Å². The van der Waals surface area contributed by atoms with Crippen molar-refractivity contribution in [3.63, 3.8) is 0 Å². The number of hydrogen-bond acceptors (Lipinski definition) is 4. The number of aliphatic carboxylic acids is 1. The second kappa shape index (κ2) is 6.26. The Hall–Kier alpha value is -1.75. The molecular formula is C13H19NO4. The van der Waals surface area contributed by atoms with E-state index >= 15 is 0 Å². The van der Waals surface area contributed by atoms with Crippen LogP contribution >= 0.6 is 0 Å². The van der Waals surface area contributed by atoms with E-state index in [0.29, 0.717) is 18.0 Å². The van der Waals surface area contributed by atoms with Gasteiger partial charge in [0, 0.05) is 12.1 Å². The van der Waals surface area contributed by atoms with E-state index in [4.69, 9.17) is 14.6 Å². The molecule has 0 saturated heterocycles.